The molecule has 9 nitrogen and oxygen atoms in total. The summed E-state index contributed by atoms with van der Waals surface area (Å²) in [6.07, 6.45) is 4.87. The van der Waals surface area contributed by atoms with E-state index in [0.717, 1.165) is 5.82 Å². The van der Waals surface area contributed by atoms with Crippen molar-refractivity contribution in [3.05, 3.63) is 47.3 Å². The molecule has 25 heavy (non-hydrogen) atoms. The number of aromatic amines is 1. The van der Waals surface area contributed by atoms with Crippen molar-refractivity contribution >= 4 is 26.9 Å². The first kappa shape index (κ1) is 15.8. The summed E-state index contributed by atoms with van der Waals surface area (Å²) in [5.41, 5.74) is 0.695. The van der Waals surface area contributed by atoms with Crippen molar-refractivity contribution in [2.75, 3.05) is 31.1 Å². The van der Waals surface area contributed by atoms with Crippen molar-refractivity contribution in [3.63, 3.8) is 0 Å². The second-order valence-electron chi connectivity index (χ2n) is 5.63. The van der Waals surface area contributed by atoms with Crippen LogP contribution >= 0.6 is 0 Å². The van der Waals surface area contributed by atoms with Crippen molar-refractivity contribution in [2.24, 2.45) is 0 Å². The summed E-state index contributed by atoms with van der Waals surface area (Å²) in [7, 11) is -3.64. The molecule has 0 radical (unpaired) electrons. The number of aromatic nitrogens is 3. The van der Waals surface area contributed by atoms with E-state index < -0.39 is 15.8 Å². The van der Waals surface area contributed by atoms with Gasteiger partial charge in [0.2, 0.25) is 10.0 Å². The van der Waals surface area contributed by atoms with Gasteiger partial charge in [-0.3, -0.25) is 9.97 Å². The lowest BCUT2D eigenvalue weighted by Gasteiger charge is -2.34. The molecule has 0 unspecified atom stereocenters. The Hall–Kier alpha value is -2.72. The molecule has 4 rings (SSSR count). The third-order valence-corrected chi connectivity index (χ3v) is 6.04. The molecule has 0 aliphatic carbocycles. The summed E-state index contributed by atoms with van der Waals surface area (Å²) in [6.45, 7) is 1.75. The van der Waals surface area contributed by atoms with E-state index in [0.29, 0.717) is 37.3 Å². The van der Waals surface area contributed by atoms with Crippen molar-refractivity contribution in [1.82, 2.24) is 19.3 Å². The zero-order valence-electron chi connectivity index (χ0n) is 13.1. The number of nitrogens with zero attached hydrogens (tertiary/aromatic N) is 4. The van der Waals surface area contributed by atoms with Gasteiger partial charge in [-0.05, 0) is 18.2 Å². The molecule has 0 saturated carbocycles. The van der Waals surface area contributed by atoms with Crippen molar-refractivity contribution in [2.45, 2.75) is 4.90 Å². The SMILES string of the molecule is O=c1[nH]c2cc(S(=O)(=O)N3CCN(c4cnccn4)CC3)ccc2o1. The molecule has 0 amide bonds. The molecule has 0 atom stereocenters. The zero-order chi connectivity index (χ0) is 17.4. The number of benzene rings is 1. The number of sulfonamides is 1. The number of nitrogens with one attached hydrogen (secondary N) is 1. The van der Waals surface area contributed by atoms with E-state index in [1.807, 2.05) is 4.90 Å². The van der Waals surface area contributed by atoms with Gasteiger partial charge in [-0.25, -0.2) is 18.2 Å². The van der Waals surface area contributed by atoms with E-state index in [-0.39, 0.29) is 4.90 Å². The fourth-order valence-electron chi connectivity index (χ4n) is 2.85. The highest BCUT2D eigenvalue weighted by Gasteiger charge is 2.29. The van der Waals surface area contributed by atoms with Crippen LogP contribution in [0.4, 0.5) is 5.82 Å². The predicted molar refractivity (Wildman–Crippen MR) is 89.8 cm³/mol. The molecule has 0 bridgehead atoms. The average molecular weight is 361 g/mol. The third kappa shape index (κ3) is 2.89. The quantitative estimate of drug-likeness (QED) is 0.719. The highest BCUT2D eigenvalue weighted by atomic mass is 32.2. The molecule has 1 N–H and O–H groups in total. The van der Waals surface area contributed by atoms with E-state index in [1.165, 1.54) is 22.5 Å². The number of piperazine rings is 1. The average Bonchev–Trinajstić information content (AvgIpc) is 3.02. The van der Waals surface area contributed by atoms with E-state index >= 15 is 0 Å². The van der Waals surface area contributed by atoms with Gasteiger partial charge in [-0.2, -0.15) is 4.31 Å². The monoisotopic (exact) mass is 361 g/mol. The topological polar surface area (TPSA) is 112 Å². The Morgan fingerprint density at radius 1 is 1.12 bits per heavy atom. The molecule has 3 heterocycles. The van der Waals surface area contributed by atoms with Gasteiger partial charge in [0.25, 0.3) is 0 Å². The maximum atomic E-state index is 12.8. The lowest BCUT2D eigenvalue weighted by molar-refractivity contribution is 0.383. The van der Waals surface area contributed by atoms with Crippen LogP contribution in [0.3, 0.4) is 0 Å². The number of hydrogen-bond donors (Lipinski definition) is 1. The van der Waals surface area contributed by atoms with Crippen LogP contribution in [0.15, 0.2) is 50.9 Å². The number of hydrogen-bond acceptors (Lipinski definition) is 7. The van der Waals surface area contributed by atoms with Gasteiger partial charge in [0.05, 0.1) is 16.6 Å². The normalized spacial score (nSPS) is 16.4. The molecule has 130 valence electrons. The van der Waals surface area contributed by atoms with Crippen LogP contribution in [-0.4, -0.2) is 53.9 Å². The predicted octanol–water partition coefficient (Wildman–Crippen LogP) is 0.422. The number of fused-ring (bicyclic) bond motifs is 1. The van der Waals surface area contributed by atoms with Gasteiger partial charge in [-0.1, -0.05) is 0 Å². The Labute approximate surface area is 143 Å². The minimum Gasteiger partial charge on any atom is -0.408 e. The Kier molecular flexibility index (Phi) is 3.77. The Morgan fingerprint density at radius 2 is 1.92 bits per heavy atom. The molecule has 10 heteroatoms. The summed E-state index contributed by atoms with van der Waals surface area (Å²) in [5.74, 6) is 0.124. The fraction of sp³-hybridized carbons (Fsp3) is 0.267. The van der Waals surface area contributed by atoms with E-state index in [1.54, 1.807) is 18.6 Å². The molecule has 1 fully saturated rings. The van der Waals surface area contributed by atoms with Gasteiger partial charge in [0, 0.05) is 38.6 Å². The molecule has 1 aromatic carbocycles. The van der Waals surface area contributed by atoms with E-state index in [2.05, 4.69) is 15.0 Å². The molecular formula is C15H15N5O4S. The van der Waals surface area contributed by atoms with Crippen LogP contribution in [-0.2, 0) is 10.0 Å². The smallest absolute Gasteiger partial charge is 0.408 e. The highest BCUT2D eigenvalue weighted by Crippen LogP contribution is 2.22. The minimum atomic E-state index is -3.64. The molecule has 3 aromatic rings. The molecule has 1 saturated heterocycles. The van der Waals surface area contributed by atoms with Crippen LogP contribution in [0.1, 0.15) is 0 Å². The van der Waals surface area contributed by atoms with Gasteiger partial charge < -0.3 is 9.32 Å². The van der Waals surface area contributed by atoms with Gasteiger partial charge in [0.1, 0.15) is 5.82 Å². The summed E-state index contributed by atoms with van der Waals surface area (Å²) in [6, 6.07) is 4.35. The number of oxazole rings is 1. The number of rotatable bonds is 3. The largest absolute Gasteiger partial charge is 0.417 e. The first-order chi connectivity index (χ1) is 12.0. The minimum absolute atomic E-state index is 0.130. The lowest BCUT2D eigenvalue weighted by Crippen LogP contribution is -2.48. The first-order valence-corrected chi connectivity index (χ1v) is 9.12. The Balaban J connectivity index is 1.55. The molecule has 1 aliphatic heterocycles. The number of H-pyrrole nitrogens is 1. The second kappa shape index (κ2) is 5.97. The van der Waals surface area contributed by atoms with Crippen LogP contribution in [0.25, 0.3) is 11.1 Å². The maximum absolute atomic E-state index is 12.8. The molecule has 2 aromatic heterocycles. The van der Waals surface area contributed by atoms with E-state index in [9.17, 15) is 13.2 Å². The van der Waals surface area contributed by atoms with Crippen molar-refractivity contribution in [3.8, 4) is 0 Å². The summed E-state index contributed by atoms with van der Waals surface area (Å²) in [4.78, 5) is 24.1. The van der Waals surface area contributed by atoms with Gasteiger partial charge in [-0.15, -0.1) is 0 Å². The highest BCUT2D eigenvalue weighted by molar-refractivity contribution is 7.89. The molecule has 1 aliphatic rings. The zero-order valence-corrected chi connectivity index (χ0v) is 13.9. The third-order valence-electron chi connectivity index (χ3n) is 4.14. The van der Waals surface area contributed by atoms with Crippen LogP contribution in [0.2, 0.25) is 0 Å². The van der Waals surface area contributed by atoms with Crippen molar-refractivity contribution in [1.29, 1.82) is 0 Å². The summed E-state index contributed by atoms with van der Waals surface area (Å²) < 4.78 is 32.0. The van der Waals surface area contributed by atoms with Gasteiger partial charge >= 0.3 is 5.76 Å². The van der Waals surface area contributed by atoms with Crippen LogP contribution in [0.5, 0.6) is 0 Å². The Bertz CT molecular complexity index is 1050. The Morgan fingerprint density at radius 3 is 2.64 bits per heavy atom. The van der Waals surface area contributed by atoms with Crippen LogP contribution in [0, 0.1) is 0 Å². The first-order valence-electron chi connectivity index (χ1n) is 7.68. The number of anilines is 1. The molecular weight excluding hydrogens is 346 g/mol. The second-order valence-corrected chi connectivity index (χ2v) is 7.57. The van der Waals surface area contributed by atoms with E-state index in [4.69, 9.17) is 4.42 Å². The summed E-state index contributed by atoms with van der Waals surface area (Å²) in [5, 5.41) is 0. The summed E-state index contributed by atoms with van der Waals surface area (Å²) >= 11 is 0. The lowest BCUT2D eigenvalue weighted by atomic mass is 10.3. The molecule has 0 spiro atoms. The van der Waals surface area contributed by atoms with Crippen molar-refractivity contribution < 1.29 is 12.8 Å². The maximum Gasteiger partial charge on any atom is 0.417 e. The van der Waals surface area contributed by atoms with Gasteiger partial charge in [0.15, 0.2) is 5.58 Å². The van der Waals surface area contributed by atoms with Crippen LogP contribution < -0.4 is 10.7 Å². The standard InChI is InChI=1S/C15H15N5O4S/c21-15-18-12-9-11(1-2-13(12)24-15)25(22,23)20-7-5-19(6-8-20)14-10-16-3-4-17-14/h1-4,9-10H,5-8H2,(H,18,21). The fourth-order valence-corrected chi connectivity index (χ4v) is 4.30.